The SMILES string of the molecule is Cc1ccc(-[n+]2nc(-c3ccccc3S(=O)(=O)O)nn2-c2cc[nH]c2)c(CO)c1. The summed E-state index contributed by atoms with van der Waals surface area (Å²) in [6.45, 7) is 1.71. The average Bonchev–Trinajstić information content (AvgIpc) is 3.37. The number of benzene rings is 2. The van der Waals surface area contributed by atoms with Crippen molar-refractivity contribution >= 4 is 10.1 Å². The van der Waals surface area contributed by atoms with Crippen LogP contribution in [0.3, 0.4) is 0 Å². The van der Waals surface area contributed by atoms with E-state index < -0.39 is 10.1 Å². The molecule has 0 unspecified atom stereocenters. The van der Waals surface area contributed by atoms with Gasteiger partial charge in [-0.3, -0.25) is 4.55 Å². The quantitative estimate of drug-likeness (QED) is 0.338. The second-order valence-electron chi connectivity index (χ2n) is 6.43. The summed E-state index contributed by atoms with van der Waals surface area (Å²) in [6, 6.07) is 13.2. The van der Waals surface area contributed by atoms with Crippen molar-refractivity contribution in [3.63, 3.8) is 0 Å². The standard InChI is InChI=1S/C19H17N5O4S/c1-13-6-7-17(14(10-13)12-25)24-22-19(21-23(24)15-8-9-20-11-15)16-4-2-3-5-18(16)29(26,27)28/h2-11,20,25H,12H2,1H3/p+1. The van der Waals surface area contributed by atoms with Crippen molar-refractivity contribution in [1.29, 1.82) is 0 Å². The molecule has 4 aromatic rings. The highest BCUT2D eigenvalue weighted by Crippen LogP contribution is 2.24. The minimum absolute atomic E-state index is 0.101. The summed E-state index contributed by atoms with van der Waals surface area (Å²) in [4.78, 5) is 5.61. The van der Waals surface area contributed by atoms with Crippen LogP contribution in [0.1, 0.15) is 11.1 Å². The first-order chi connectivity index (χ1) is 13.9. The van der Waals surface area contributed by atoms with Crippen molar-refractivity contribution in [3.05, 3.63) is 72.1 Å². The van der Waals surface area contributed by atoms with Gasteiger partial charge in [-0.2, -0.15) is 8.42 Å². The smallest absolute Gasteiger partial charge is 0.341 e. The van der Waals surface area contributed by atoms with Gasteiger partial charge in [0, 0.05) is 22.8 Å². The van der Waals surface area contributed by atoms with Gasteiger partial charge in [0.05, 0.1) is 17.3 Å². The second-order valence-corrected chi connectivity index (χ2v) is 7.82. The van der Waals surface area contributed by atoms with E-state index in [0.717, 1.165) is 5.56 Å². The first kappa shape index (κ1) is 19.0. The molecule has 0 fully saturated rings. The molecular weight excluding hydrogens is 394 g/mol. The predicted octanol–water partition coefficient (Wildman–Crippen LogP) is 1.59. The summed E-state index contributed by atoms with van der Waals surface area (Å²) in [5, 5.41) is 18.8. The highest BCUT2D eigenvalue weighted by molar-refractivity contribution is 7.86. The molecule has 0 radical (unpaired) electrons. The number of aromatic nitrogens is 5. The molecule has 2 heterocycles. The molecule has 0 bridgehead atoms. The molecule has 3 N–H and O–H groups in total. The number of nitrogens with zero attached hydrogens (tertiary/aromatic N) is 4. The van der Waals surface area contributed by atoms with Crippen LogP contribution in [0.15, 0.2) is 65.8 Å². The molecule has 0 aliphatic rings. The van der Waals surface area contributed by atoms with Crippen LogP contribution in [0, 0.1) is 6.92 Å². The maximum absolute atomic E-state index is 11.8. The first-order valence-corrected chi connectivity index (χ1v) is 10.1. The van der Waals surface area contributed by atoms with Gasteiger partial charge < -0.3 is 10.1 Å². The van der Waals surface area contributed by atoms with E-state index >= 15 is 0 Å². The van der Waals surface area contributed by atoms with Crippen LogP contribution in [0.25, 0.3) is 22.8 Å². The molecule has 148 valence electrons. The number of rotatable bonds is 5. The number of H-pyrrole nitrogens is 1. The Morgan fingerprint density at radius 2 is 1.97 bits per heavy atom. The summed E-state index contributed by atoms with van der Waals surface area (Å²) >= 11 is 0. The minimum Gasteiger partial charge on any atom is -0.392 e. The van der Waals surface area contributed by atoms with Gasteiger partial charge in [-0.15, -0.1) is 0 Å². The molecule has 2 aromatic carbocycles. The van der Waals surface area contributed by atoms with Gasteiger partial charge in [0.25, 0.3) is 10.1 Å². The van der Waals surface area contributed by atoms with Crippen molar-refractivity contribution in [3.8, 4) is 22.8 Å². The summed E-state index contributed by atoms with van der Waals surface area (Å²) < 4.78 is 33.2. The minimum atomic E-state index is -4.47. The fourth-order valence-corrected chi connectivity index (χ4v) is 3.75. The van der Waals surface area contributed by atoms with Crippen LogP contribution in [0.5, 0.6) is 0 Å². The van der Waals surface area contributed by atoms with E-state index in [4.69, 9.17) is 0 Å². The Labute approximate surface area is 166 Å². The first-order valence-electron chi connectivity index (χ1n) is 8.69. The lowest BCUT2D eigenvalue weighted by molar-refractivity contribution is -0.735. The van der Waals surface area contributed by atoms with Crippen LogP contribution in [0.4, 0.5) is 0 Å². The topological polar surface area (TPSA) is 125 Å². The Morgan fingerprint density at radius 1 is 1.17 bits per heavy atom. The lowest BCUT2D eigenvalue weighted by Crippen LogP contribution is -2.44. The number of hydrogen-bond acceptors (Lipinski definition) is 5. The van der Waals surface area contributed by atoms with E-state index in [-0.39, 0.29) is 22.9 Å². The Morgan fingerprint density at radius 3 is 2.66 bits per heavy atom. The normalized spacial score (nSPS) is 11.7. The zero-order chi connectivity index (χ0) is 20.6. The van der Waals surface area contributed by atoms with Gasteiger partial charge >= 0.3 is 5.82 Å². The summed E-state index contributed by atoms with van der Waals surface area (Å²) in [7, 11) is -4.47. The molecule has 0 atom stereocenters. The van der Waals surface area contributed by atoms with Gasteiger partial charge in [-0.25, -0.2) is 0 Å². The van der Waals surface area contributed by atoms with Crippen LogP contribution < -0.4 is 4.80 Å². The third kappa shape index (κ3) is 3.56. The van der Waals surface area contributed by atoms with Crippen LogP contribution in [-0.4, -0.2) is 38.1 Å². The summed E-state index contributed by atoms with van der Waals surface area (Å²) in [5.41, 5.74) is 3.01. The van der Waals surface area contributed by atoms with Gasteiger partial charge in [-0.05, 0) is 47.2 Å². The van der Waals surface area contributed by atoms with Crippen LogP contribution in [-0.2, 0) is 16.7 Å². The monoisotopic (exact) mass is 412 g/mol. The summed E-state index contributed by atoms with van der Waals surface area (Å²) in [6.07, 6.45) is 3.42. The lowest BCUT2D eigenvalue weighted by Gasteiger charge is -2.04. The second kappa shape index (κ2) is 7.24. The van der Waals surface area contributed by atoms with Crippen molar-refractivity contribution in [2.75, 3.05) is 0 Å². The molecular formula is C19H18N5O4S+. The van der Waals surface area contributed by atoms with E-state index in [1.165, 1.54) is 27.8 Å². The fourth-order valence-electron chi connectivity index (χ4n) is 3.07. The van der Waals surface area contributed by atoms with E-state index in [9.17, 15) is 18.1 Å². The third-order valence-electron chi connectivity index (χ3n) is 4.40. The molecule has 9 nitrogen and oxygen atoms in total. The van der Waals surface area contributed by atoms with E-state index in [2.05, 4.69) is 15.2 Å². The number of tetrazole rings is 1. The molecule has 2 aromatic heterocycles. The van der Waals surface area contributed by atoms with Gasteiger partial charge in [0.2, 0.25) is 0 Å². The van der Waals surface area contributed by atoms with Gasteiger partial charge in [0.1, 0.15) is 10.6 Å². The van der Waals surface area contributed by atoms with E-state index in [0.29, 0.717) is 16.9 Å². The number of hydrogen-bond donors (Lipinski definition) is 3. The zero-order valence-electron chi connectivity index (χ0n) is 15.4. The average molecular weight is 412 g/mol. The Bertz CT molecular complexity index is 1280. The molecule has 29 heavy (non-hydrogen) atoms. The molecule has 0 aliphatic heterocycles. The molecule has 0 spiro atoms. The molecule has 0 saturated heterocycles. The summed E-state index contributed by atoms with van der Waals surface area (Å²) in [5.74, 6) is 0.101. The van der Waals surface area contributed by atoms with E-state index in [1.807, 2.05) is 19.1 Å². The molecule has 0 aliphatic carbocycles. The van der Waals surface area contributed by atoms with Crippen molar-refractivity contribution in [2.45, 2.75) is 18.4 Å². The number of nitrogens with one attached hydrogen (secondary N) is 1. The van der Waals surface area contributed by atoms with Gasteiger partial charge in [-0.1, -0.05) is 23.8 Å². The molecule has 0 saturated carbocycles. The number of aliphatic hydroxyl groups excluding tert-OH is 1. The predicted molar refractivity (Wildman–Crippen MR) is 103 cm³/mol. The lowest BCUT2D eigenvalue weighted by atomic mass is 10.1. The molecule has 4 rings (SSSR count). The Kier molecular flexibility index (Phi) is 4.74. The fraction of sp³-hybridized carbons (Fsp3) is 0.105. The molecule has 10 heteroatoms. The largest absolute Gasteiger partial charge is 0.392 e. The van der Waals surface area contributed by atoms with Crippen LogP contribution >= 0.6 is 0 Å². The van der Waals surface area contributed by atoms with Crippen molar-refractivity contribution < 1.29 is 22.9 Å². The van der Waals surface area contributed by atoms with Gasteiger partial charge in [0.15, 0.2) is 5.69 Å². The van der Waals surface area contributed by atoms with Crippen molar-refractivity contribution in [1.82, 2.24) is 20.0 Å². The molecule has 0 amide bonds. The zero-order valence-corrected chi connectivity index (χ0v) is 16.2. The number of aryl methyl sites for hydroxylation is 1. The van der Waals surface area contributed by atoms with E-state index in [1.54, 1.807) is 30.6 Å². The van der Waals surface area contributed by atoms with Crippen LogP contribution in [0.2, 0.25) is 0 Å². The third-order valence-corrected chi connectivity index (χ3v) is 5.31. The van der Waals surface area contributed by atoms with Crippen molar-refractivity contribution in [2.24, 2.45) is 0 Å². The Balaban J connectivity index is 1.99. The maximum atomic E-state index is 11.8. The Hall–Kier alpha value is -3.34. The number of aliphatic hydroxyl groups is 1. The highest BCUT2D eigenvalue weighted by atomic mass is 32.2. The maximum Gasteiger partial charge on any atom is 0.341 e. The number of aromatic amines is 1. The highest BCUT2D eigenvalue weighted by Gasteiger charge is 2.29.